The highest BCUT2D eigenvalue weighted by molar-refractivity contribution is 5.77. The van der Waals surface area contributed by atoms with Crippen molar-refractivity contribution in [1.29, 1.82) is 0 Å². The van der Waals surface area contributed by atoms with Gasteiger partial charge in [0.2, 0.25) is 5.91 Å². The highest BCUT2D eigenvalue weighted by Crippen LogP contribution is 2.25. The number of carbonyl (C=O) groups is 2. The molecular weight excluding hydrogens is 368 g/mol. The van der Waals surface area contributed by atoms with Crippen molar-refractivity contribution in [2.75, 3.05) is 13.1 Å². The van der Waals surface area contributed by atoms with Gasteiger partial charge in [0.15, 0.2) is 0 Å². The smallest absolute Gasteiger partial charge is 0.318 e. The van der Waals surface area contributed by atoms with E-state index < -0.39 is 41.6 Å². The minimum absolute atomic E-state index is 0.00962. The fourth-order valence-electron chi connectivity index (χ4n) is 3.36. The van der Waals surface area contributed by atoms with Crippen LogP contribution in [-0.2, 0) is 4.79 Å². The number of nitrogens with one attached hydrogen (secondary N) is 1. The summed E-state index contributed by atoms with van der Waals surface area (Å²) in [7, 11) is 0. The number of rotatable bonds is 5. The summed E-state index contributed by atoms with van der Waals surface area (Å²) in [5.41, 5.74) is 6.42. The maximum Gasteiger partial charge on any atom is 0.318 e. The molecule has 3 amide bonds. The van der Waals surface area contributed by atoms with Gasteiger partial charge in [0.05, 0.1) is 12.1 Å². The number of β-amino-alcohol motifs (C(OH)–C–C–N with tert-alkyl or cyclic N) is 1. The highest BCUT2D eigenvalue weighted by Gasteiger charge is 2.35. The second-order valence-electron chi connectivity index (χ2n) is 6.89. The van der Waals surface area contributed by atoms with Crippen molar-refractivity contribution < 1.29 is 23.5 Å². The topological polar surface area (TPSA) is 95.7 Å². The van der Waals surface area contributed by atoms with E-state index in [1.165, 1.54) is 29.2 Å². The lowest BCUT2D eigenvalue weighted by Gasteiger charge is -2.24. The summed E-state index contributed by atoms with van der Waals surface area (Å²) in [6.45, 7) is 0.263. The zero-order chi connectivity index (χ0) is 20.3. The van der Waals surface area contributed by atoms with Gasteiger partial charge in [0.25, 0.3) is 0 Å². The summed E-state index contributed by atoms with van der Waals surface area (Å²) in [5.74, 6) is -1.78. The fraction of sp³-hybridized carbons (Fsp3) is 0.300. The number of amides is 3. The number of halogens is 2. The molecule has 6 nitrogen and oxygen atoms in total. The number of primary amides is 1. The lowest BCUT2D eigenvalue weighted by molar-refractivity contribution is -0.119. The Kier molecular flexibility index (Phi) is 5.89. The van der Waals surface area contributed by atoms with Gasteiger partial charge in [-0.15, -0.1) is 0 Å². The Morgan fingerprint density at radius 1 is 1.04 bits per heavy atom. The molecule has 1 saturated heterocycles. The molecule has 1 aliphatic rings. The summed E-state index contributed by atoms with van der Waals surface area (Å²) in [6, 6.07) is 10.2. The van der Waals surface area contributed by atoms with Crippen LogP contribution < -0.4 is 11.1 Å². The van der Waals surface area contributed by atoms with Crippen LogP contribution in [0.25, 0.3) is 0 Å². The average molecular weight is 389 g/mol. The Hall–Kier alpha value is -3.00. The van der Waals surface area contributed by atoms with E-state index in [1.807, 2.05) is 0 Å². The van der Waals surface area contributed by atoms with E-state index in [1.54, 1.807) is 24.3 Å². The zero-order valence-corrected chi connectivity index (χ0v) is 15.0. The Morgan fingerprint density at radius 3 is 2.00 bits per heavy atom. The van der Waals surface area contributed by atoms with E-state index in [0.29, 0.717) is 11.1 Å². The van der Waals surface area contributed by atoms with Gasteiger partial charge in [-0.2, -0.15) is 0 Å². The van der Waals surface area contributed by atoms with Crippen molar-refractivity contribution in [3.63, 3.8) is 0 Å². The van der Waals surface area contributed by atoms with E-state index in [9.17, 15) is 23.5 Å². The van der Waals surface area contributed by atoms with Crippen LogP contribution in [0.3, 0.4) is 0 Å². The van der Waals surface area contributed by atoms with Crippen molar-refractivity contribution in [3.05, 3.63) is 71.3 Å². The van der Waals surface area contributed by atoms with Gasteiger partial charge in [-0.3, -0.25) is 4.79 Å². The molecule has 3 rings (SSSR count). The third kappa shape index (κ3) is 4.64. The van der Waals surface area contributed by atoms with E-state index in [2.05, 4.69) is 5.32 Å². The van der Waals surface area contributed by atoms with Gasteiger partial charge in [0.1, 0.15) is 11.6 Å². The van der Waals surface area contributed by atoms with Gasteiger partial charge in [-0.05, 0) is 35.4 Å². The number of urea groups is 1. The average Bonchev–Trinajstić information content (AvgIpc) is 3.01. The van der Waals surface area contributed by atoms with E-state index in [0.717, 1.165) is 0 Å². The number of aliphatic hydroxyl groups is 1. The number of hydrogen-bond acceptors (Lipinski definition) is 3. The van der Waals surface area contributed by atoms with Gasteiger partial charge in [0, 0.05) is 25.4 Å². The molecule has 0 aromatic heterocycles. The molecule has 28 heavy (non-hydrogen) atoms. The second-order valence-corrected chi connectivity index (χ2v) is 6.89. The molecule has 1 aliphatic heterocycles. The summed E-state index contributed by atoms with van der Waals surface area (Å²) in [6.07, 6.45) is -0.849. The molecule has 2 aromatic rings. The first kappa shape index (κ1) is 19.8. The van der Waals surface area contributed by atoms with Gasteiger partial charge < -0.3 is 21.1 Å². The molecule has 1 fully saturated rings. The van der Waals surface area contributed by atoms with Gasteiger partial charge in [-0.25, -0.2) is 13.6 Å². The number of likely N-dealkylation sites (tertiary alicyclic amines) is 1. The van der Waals surface area contributed by atoms with Gasteiger partial charge >= 0.3 is 6.03 Å². The zero-order valence-electron chi connectivity index (χ0n) is 15.0. The van der Waals surface area contributed by atoms with Crippen LogP contribution in [-0.4, -0.2) is 41.1 Å². The molecular formula is C20H21F2N3O3. The highest BCUT2D eigenvalue weighted by atomic mass is 19.1. The molecule has 148 valence electrons. The first-order valence-electron chi connectivity index (χ1n) is 8.86. The largest absolute Gasteiger partial charge is 0.391 e. The standard InChI is InChI=1S/C20H21F2N3O3/c21-15-5-1-12(2-6-15)19(13-3-7-16(22)8-4-13)24-20(28)25-10-14(9-18(23)27)17(26)11-25/h1-8,14,17,19,26H,9-11H2,(H2,23,27)(H,24,28)/t14-,17-/m1/s1. The van der Waals surface area contributed by atoms with Crippen LogP contribution in [0.4, 0.5) is 13.6 Å². The first-order valence-corrected chi connectivity index (χ1v) is 8.86. The Bertz CT molecular complexity index is 797. The molecule has 0 bridgehead atoms. The third-order valence-corrected chi connectivity index (χ3v) is 4.83. The molecule has 0 spiro atoms. The Morgan fingerprint density at radius 2 is 1.54 bits per heavy atom. The van der Waals surface area contributed by atoms with Crippen LogP contribution in [0.5, 0.6) is 0 Å². The van der Waals surface area contributed by atoms with Crippen molar-refractivity contribution in [2.45, 2.75) is 18.6 Å². The summed E-state index contributed by atoms with van der Waals surface area (Å²) in [5, 5.41) is 12.9. The summed E-state index contributed by atoms with van der Waals surface area (Å²) in [4.78, 5) is 25.3. The Labute approximate surface area is 161 Å². The van der Waals surface area contributed by atoms with E-state index in [4.69, 9.17) is 5.73 Å². The molecule has 1 heterocycles. The maximum atomic E-state index is 13.3. The minimum Gasteiger partial charge on any atom is -0.391 e. The number of hydrogen-bond donors (Lipinski definition) is 3. The molecule has 4 N–H and O–H groups in total. The lowest BCUT2D eigenvalue weighted by atomic mass is 9.98. The predicted molar refractivity (Wildman–Crippen MR) is 98.1 cm³/mol. The van der Waals surface area contributed by atoms with Crippen LogP contribution in [0, 0.1) is 17.6 Å². The van der Waals surface area contributed by atoms with E-state index in [-0.39, 0.29) is 19.5 Å². The summed E-state index contributed by atoms with van der Waals surface area (Å²) < 4.78 is 26.6. The molecule has 0 unspecified atom stereocenters. The number of aliphatic hydroxyl groups excluding tert-OH is 1. The van der Waals surface area contributed by atoms with Crippen LogP contribution in [0.2, 0.25) is 0 Å². The van der Waals surface area contributed by atoms with Crippen molar-refractivity contribution in [1.82, 2.24) is 10.2 Å². The fourth-order valence-corrected chi connectivity index (χ4v) is 3.36. The Balaban J connectivity index is 1.79. The van der Waals surface area contributed by atoms with Gasteiger partial charge in [-0.1, -0.05) is 24.3 Å². The number of benzene rings is 2. The summed E-state index contributed by atoms with van der Waals surface area (Å²) >= 11 is 0. The molecule has 0 saturated carbocycles. The van der Waals surface area contributed by atoms with Crippen molar-refractivity contribution >= 4 is 11.9 Å². The molecule has 2 atom stereocenters. The molecule has 0 radical (unpaired) electrons. The SMILES string of the molecule is NC(=O)C[C@@H]1CN(C(=O)NC(c2ccc(F)cc2)c2ccc(F)cc2)C[C@H]1O. The normalized spacial score (nSPS) is 19.1. The van der Waals surface area contributed by atoms with Crippen LogP contribution >= 0.6 is 0 Å². The quantitative estimate of drug-likeness (QED) is 0.729. The van der Waals surface area contributed by atoms with Crippen molar-refractivity contribution in [2.24, 2.45) is 11.7 Å². The maximum absolute atomic E-state index is 13.3. The van der Waals surface area contributed by atoms with E-state index >= 15 is 0 Å². The minimum atomic E-state index is -0.839. The molecule has 0 aliphatic carbocycles. The number of carbonyl (C=O) groups excluding carboxylic acids is 2. The number of nitrogens with zero attached hydrogens (tertiary/aromatic N) is 1. The van der Waals surface area contributed by atoms with Crippen LogP contribution in [0.1, 0.15) is 23.6 Å². The van der Waals surface area contributed by atoms with Crippen LogP contribution in [0.15, 0.2) is 48.5 Å². The second kappa shape index (κ2) is 8.35. The number of nitrogens with two attached hydrogens (primary N) is 1. The monoisotopic (exact) mass is 389 g/mol. The van der Waals surface area contributed by atoms with Crippen molar-refractivity contribution in [3.8, 4) is 0 Å². The first-order chi connectivity index (χ1) is 13.3. The lowest BCUT2D eigenvalue weighted by Crippen LogP contribution is -2.41. The molecule has 2 aromatic carbocycles. The third-order valence-electron chi connectivity index (χ3n) is 4.83. The predicted octanol–water partition coefficient (Wildman–Crippen LogP) is 1.93. The molecule has 8 heteroatoms.